The Balaban J connectivity index is 0.000000262. The van der Waals surface area contributed by atoms with Gasteiger partial charge in [0.05, 0.1) is 16.8 Å². The van der Waals surface area contributed by atoms with Gasteiger partial charge in [-0.1, -0.05) is 29.8 Å². The van der Waals surface area contributed by atoms with E-state index in [9.17, 15) is 22.8 Å². The minimum absolute atomic E-state index is 0.000484. The maximum absolute atomic E-state index is 13.0. The van der Waals surface area contributed by atoms with Crippen LogP contribution in [0.25, 0.3) is 5.69 Å². The van der Waals surface area contributed by atoms with Crippen LogP contribution in [0.5, 0.6) is 0 Å². The van der Waals surface area contributed by atoms with Gasteiger partial charge in [-0.2, -0.15) is 13.2 Å². The summed E-state index contributed by atoms with van der Waals surface area (Å²) in [6, 6.07) is 12.1. The number of carboxylic acid groups (broad SMARTS) is 1. The molecule has 0 aliphatic rings. The quantitative estimate of drug-likeness (QED) is 0.596. The fraction of sp³-hybridized carbons (Fsp3) is 0.217. The molecule has 0 spiro atoms. The second-order valence-corrected chi connectivity index (χ2v) is 7.12. The summed E-state index contributed by atoms with van der Waals surface area (Å²) in [6.45, 7) is 6.93. The predicted octanol–water partition coefficient (Wildman–Crippen LogP) is 5.21. The topological polar surface area (TPSA) is 85.3 Å². The number of primary amides is 1. The Hall–Kier alpha value is -3.55. The highest BCUT2D eigenvalue weighted by molar-refractivity contribution is 5.94. The van der Waals surface area contributed by atoms with Gasteiger partial charge in [-0.25, -0.2) is 4.79 Å². The smallest absolute Gasteiger partial charge is 0.418 e. The highest BCUT2D eigenvalue weighted by Gasteiger charge is 2.34. The summed E-state index contributed by atoms with van der Waals surface area (Å²) in [5.41, 5.74) is 7.67. The summed E-state index contributed by atoms with van der Waals surface area (Å²) < 4.78 is 40.4. The van der Waals surface area contributed by atoms with Crippen molar-refractivity contribution in [1.82, 2.24) is 4.57 Å². The molecule has 3 N–H and O–H groups in total. The molecule has 0 atom stereocenters. The first-order chi connectivity index (χ1) is 14.3. The van der Waals surface area contributed by atoms with Crippen molar-refractivity contribution in [2.24, 2.45) is 5.73 Å². The number of carbonyl (C=O) groups is 2. The molecule has 0 saturated heterocycles. The van der Waals surface area contributed by atoms with E-state index in [1.165, 1.54) is 35.8 Å². The van der Waals surface area contributed by atoms with Crippen LogP contribution in [0, 0.1) is 27.7 Å². The fourth-order valence-electron chi connectivity index (χ4n) is 3.35. The number of nitrogens with zero attached hydrogens (tertiary/aromatic N) is 1. The second-order valence-electron chi connectivity index (χ2n) is 7.12. The van der Waals surface area contributed by atoms with Crippen LogP contribution in [0.4, 0.5) is 13.2 Å². The molecule has 0 aliphatic heterocycles. The monoisotopic (exact) mass is 432 g/mol. The minimum atomic E-state index is -4.50. The lowest BCUT2D eigenvalue weighted by atomic mass is 10.1. The molecule has 0 unspecified atom stereocenters. The Morgan fingerprint density at radius 2 is 1.55 bits per heavy atom. The van der Waals surface area contributed by atoms with Crippen molar-refractivity contribution in [1.29, 1.82) is 0 Å². The molecule has 164 valence electrons. The van der Waals surface area contributed by atoms with Gasteiger partial charge in [-0.3, -0.25) is 4.79 Å². The second kappa shape index (κ2) is 9.07. The van der Waals surface area contributed by atoms with Gasteiger partial charge in [0, 0.05) is 17.0 Å². The first-order valence-corrected chi connectivity index (χ1v) is 9.30. The van der Waals surface area contributed by atoms with Crippen LogP contribution in [0.15, 0.2) is 48.5 Å². The number of benzene rings is 2. The van der Waals surface area contributed by atoms with Crippen LogP contribution in [-0.2, 0) is 6.18 Å². The average molecular weight is 432 g/mol. The number of hydrogen-bond acceptors (Lipinski definition) is 2. The number of aryl methyl sites for hydroxylation is 3. The zero-order valence-electron chi connectivity index (χ0n) is 17.5. The molecule has 1 aromatic heterocycles. The van der Waals surface area contributed by atoms with Crippen molar-refractivity contribution in [2.45, 2.75) is 33.9 Å². The van der Waals surface area contributed by atoms with E-state index in [4.69, 9.17) is 10.8 Å². The number of rotatable bonds is 3. The predicted molar refractivity (Wildman–Crippen MR) is 112 cm³/mol. The molecule has 0 fully saturated rings. The third kappa shape index (κ3) is 5.33. The molecule has 1 heterocycles. The van der Waals surface area contributed by atoms with Crippen LogP contribution >= 0.6 is 0 Å². The lowest BCUT2D eigenvalue weighted by Gasteiger charge is -2.16. The van der Waals surface area contributed by atoms with E-state index in [-0.39, 0.29) is 22.9 Å². The Bertz CT molecular complexity index is 1130. The van der Waals surface area contributed by atoms with E-state index in [0.29, 0.717) is 11.3 Å². The van der Waals surface area contributed by atoms with Crippen molar-refractivity contribution in [3.63, 3.8) is 0 Å². The summed E-state index contributed by atoms with van der Waals surface area (Å²) in [6.07, 6.45) is -4.50. The van der Waals surface area contributed by atoms with Gasteiger partial charge in [0.25, 0.3) is 0 Å². The van der Waals surface area contributed by atoms with E-state index >= 15 is 0 Å². The minimum Gasteiger partial charge on any atom is -0.478 e. The van der Waals surface area contributed by atoms with E-state index in [2.05, 4.69) is 0 Å². The third-order valence-electron chi connectivity index (χ3n) is 4.76. The summed E-state index contributed by atoms with van der Waals surface area (Å²) >= 11 is 0. The molecule has 31 heavy (non-hydrogen) atoms. The zero-order chi connectivity index (χ0) is 23.5. The van der Waals surface area contributed by atoms with Crippen molar-refractivity contribution >= 4 is 11.9 Å². The Morgan fingerprint density at radius 3 is 2.03 bits per heavy atom. The number of carbonyl (C=O) groups excluding carboxylic acids is 1. The first-order valence-electron chi connectivity index (χ1n) is 9.30. The van der Waals surface area contributed by atoms with Gasteiger partial charge in [-0.15, -0.1) is 0 Å². The summed E-state index contributed by atoms with van der Waals surface area (Å²) in [5.74, 6) is -1.52. The lowest BCUT2D eigenvalue weighted by Crippen LogP contribution is -2.12. The average Bonchev–Trinajstić information content (AvgIpc) is 2.95. The third-order valence-corrected chi connectivity index (χ3v) is 4.76. The zero-order valence-corrected chi connectivity index (χ0v) is 17.5. The number of alkyl halides is 3. The van der Waals surface area contributed by atoms with E-state index in [1.54, 1.807) is 13.0 Å². The molecule has 0 bridgehead atoms. The molecule has 3 aromatic rings. The van der Waals surface area contributed by atoms with Crippen molar-refractivity contribution in [3.05, 3.63) is 87.7 Å². The molecule has 5 nitrogen and oxygen atoms in total. The lowest BCUT2D eigenvalue weighted by molar-refractivity contribution is -0.137. The fourth-order valence-corrected chi connectivity index (χ4v) is 3.35. The largest absolute Gasteiger partial charge is 0.478 e. The molecule has 8 heteroatoms. The van der Waals surface area contributed by atoms with Gasteiger partial charge >= 0.3 is 12.1 Å². The number of amides is 1. The summed E-state index contributed by atoms with van der Waals surface area (Å²) in [5, 5.41) is 9.04. The SMILES string of the molecule is Cc1cc(C(=O)O)c(C)n1-c1ccccc1C(F)(F)F.Cc1ccc(C(N)=O)c(C)c1. The Morgan fingerprint density at radius 1 is 0.935 bits per heavy atom. The number of nitrogens with two attached hydrogens (primary N) is 1. The first kappa shape index (κ1) is 23.7. The van der Waals surface area contributed by atoms with Crippen LogP contribution in [0.3, 0.4) is 0 Å². The molecule has 0 radical (unpaired) electrons. The standard InChI is InChI=1S/C14H12F3NO2.C9H11NO/c1-8-7-10(13(19)20)9(2)18(8)12-6-4-3-5-11(12)14(15,16)17;1-6-3-4-8(9(10)11)7(2)5-6/h3-7H,1-2H3,(H,19,20);3-5H,1-2H3,(H2,10,11). The normalized spacial score (nSPS) is 10.9. The van der Waals surface area contributed by atoms with Crippen molar-refractivity contribution in [3.8, 4) is 5.69 Å². The highest BCUT2D eigenvalue weighted by Crippen LogP contribution is 2.35. The van der Waals surface area contributed by atoms with Gasteiger partial charge < -0.3 is 15.4 Å². The van der Waals surface area contributed by atoms with Crippen molar-refractivity contribution < 1.29 is 27.9 Å². The van der Waals surface area contributed by atoms with E-state index in [1.807, 2.05) is 26.0 Å². The van der Waals surface area contributed by atoms with Crippen molar-refractivity contribution in [2.75, 3.05) is 0 Å². The number of para-hydroxylation sites is 1. The molecular weight excluding hydrogens is 409 g/mol. The number of aromatic nitrogens is 1. The number of carboxylic acids is 1. The molecular formula is C23H23F3N2O3. The van der Waals surface area contributed by atoms with E-state index < -0.39 is 17.7 Å². The van der Waals surface area contributed by atoms with Crippen LogP contribution in [0.1, 0.15) is 48.8 Å². The van der Waals surface area contributed by atoms with Gasteiger partial charge in [-0.05, 0) is 57.5 Å². The summed E-state index contributed by atoms with van der Waals surface area (Å²) in [7, 11) is 0. The van der Waals surface area contributed by atoms with Crippen LogP contribution in [0.2, 0.25) is 0 Å². The maximum Gasteiger partial charge on any atom is 0.418 e. The molecule has 2 aromatic carbocycles. The Labute approximate surface area is 177 Å². The van der Waals surface area contributed by atoms with Crippen LogP contribution < -0.4 is 5.73 Å². The number of hydrogen-bond donors (Lipinski definition) is 2. The number of aromatic carboxylic acids is 1. The molecule has 0 aliphatic carbocycles. The Kier molecular flexibility index (Phi) is 6.95. The van der Waals surface area contributed by atoms with Gasteiger partial charge in [0.1, 0.15) is 0 Å². The number of halogens is 3. The van der Waals surface area contributed by atoms with Gasteiger partial charge in [0.15, 0.2) is 0 Å². The van der Waals surface area contributed by atoms with E-state index in [0.717, 1.165) is 17.2 Å². The highest BCUT2D eigenvalue weighted by atomic mass is 19.4. The van der Waals surface area contributed by atoms with Crippen LogP contribution in [-0.4, -0.2) is 21.6 Å². The molecule has 0 saturated carbocycles. The van der Waals surface area contributed by atoms with Gasteiger partial charge in [0.2, 0.25) is 5.91 Å². The molecule has 3 rings (SSSR count). The maximum atomic E-state index is 13.0. The molecule has 1 amide bonds. The summed E-state index contributed by atoms with van der Waals surface area (Å²) in [4.78, 5) is 21.8.